The number of esters is 1. The lowest BCUT2D eigenvalue weighted by atomic mass is 10.4. The number of nitrogens with zero attached hydrogens (tertiary/aromatic N) is 1. The third-order valence-electron chi connectivity index (χ3n) is 2.23. The molecule has 0 aromatic heterocycles. The van der Waals surface area contributed by atoms with E-state index in [1.807, 2.05) is 0 Å². The largest absolute Gasteiger partial charge is 0.502 e. The average molecular weight is 343 g/mol. The van der Waals surface area contributed by atoms with E-state index in [1.165, 1.54) is 6.08 Å². The van der Waals surface area contributed by atoms with Crippen LogP contribution in [-0.4, -0.2) is 42.2 Å². The molecule has 4 nitrogen and oxygen atoms in total. The maximum atomic E-state index is 11.0. The van der Waals surface area contributed by atoms with E-state index in [-0.39, 0.29) is 29.7 Å². The van der Waals surface area contributed by atoms with Crippen molar-refractivity contribution in [2.75, 3.05) is 26.2 Å². The summed E-state index contributed by atoms with van der Waals surface area (Å²) >= 11 is 0. The van der Waals surface area contributed by atoms with Gasteiger partial charge in [-0.2, -0.15) is 0 Å². The normalized spacial score (nSPS) is 11.1. The smallest absolute Gasteiger partial charge is 0.373 e. The molecule has 96 valence electrons. The van der Waals surface area contributed by atoms with Crippen LogP contribution in [0.2, 0.25) is 0 Å². The van der Waals surface area contributed by atoms with Gasteiger partial charge < -0.3 is 14.7 Å². The Morgan fingerprint density at radius 2 is 1.94 bits per heavy atom. The van der Waals surface area contributed by atoms with Crippen molar-refractivity contribution in [1.29, 1.82) is 0 Å². The lowest BCUT2D eigenvalue weighted by Gasteiger charge is -2.17. The van der Waals surface area contributed by atoms with Crippen molar-refractivity contribution in [2.24, 2.45) is 0 Å². The molecular formula is C11H22INO3. The number of rotatable bonds is 7. The minimum absolute atomic E-state index is 0. The highest BCUT2D eigenvalue weighted by molar-refractivity contribution is 14.0. The maximum Gasteiger partial charge on any atom is 0.373 e. The van der Waals surface area contributed by atoms with Gasteiger partial charge in [-0.3, -0.25) is 0 Å². The molecule has 0 saturated heterocycles. The van der Waals surface area contributed by atoms with Gasteiger partial charge in [0, 0.05) is 6.54 Å². The lowest BCUT2D eigenvalue weighted by Crippen LogP contribution is -2.25. The first-order valence-electron chi connectivity index (χ1n) is 5.40. The molecule has 0 unspecified atom stereocenters. The molecule has 0 spiro atoms. The number of carbonyl (C=O) groups is 1. The van der Waals surface area contributed by atoms with E-state index < -0.39 is 5.97 Å². The highest BCUT2D eigenvalue weighted by Crippen LogP contribution is 1.95. The molecule has 0 aromatic rings. The van der Waals surface area contributed by atoms with E-state index >= 15 is 0 Å². The van der Waals surface area contributed by atoms with Crippen molar-refractivity contribution in [3.8, 4) is 0 Å². The molecule has 0 saturated carbocycles. The summed E-state index contributed by atoms with van der Waals surface area (Å²) in [6.45, 7) is 9.06. The summed E-state index contributed by atoms with van der Waals surface area (Å²) in [5.41, 5.74) is 0. The van der Waals surface area contributed by atoms with E-state index in [1.54, 1.807) is 6.92 Å². The Morgan fingerprint density at radius 1 is 1.38 bits per heavy atom. The van der Waals surface area contributed by atoms with Gasteiger partial charge in [0.2, 0.25) is 0 Å². The van der Waals surface area contributed by atoms with Crippen LogP contribution in [0.1, 0.15) is 27.2 Å². The van der Waals surface area contributed by atoms with Crippen molar-refractivity contribution in [3.05, 3.63) is 11.8 Å². The monoisotopic (exact) mass is 343 g/mol. The summed E-state index contributed by atoms with van der Waals surface area (Å²) in [5.74, 6) is -0.963. The Kier molecular flexibility index (Phi) is 12.6. The third-order valence-corrected chi connectivity index (χ3v) is 2.23. The van der Waals surface area contributed by atoms with Crippen molar-refractivity contribution < 1.29 is 14.6 Å². The topological polar surface area (TPSA) is 49.8 Å². The first kappa shape index (κ1) is 18.1. The zero-order valence-corrected chi connectivity index (χ0v) is 12.6. The maximum absolute atomic E-state index is 11.0. The summed E-state index contributed by atoms with van der Waals surface area (Å²) in [5, 5.41) is 9.00. The Labute approximate surface area is 115 Å². The molecule has 0 aromatic carbocycles. The molecule has 0 aliphatic carbocycles. The Morgan fingerprint density at radius 3 is 2.38 bits per heavy atom. The van der Waals surface area contributed by atoms with Gasteiger partial charge in [-0.15, -0.1) is 24.0 Å². The second-order valence-corrected chi connectivity index (χ2v) is 3.19. The molecule has 1 N–H and O–H groups in total. The summed E-state index contributed by atoms with van der Waals surface area (Å²) in [7, 11) is 0. The van der Waals surface area contributed by atoms with Gasteiger partial charge in [0.1, 0.15) is 0 Å². The molecule has 0 fully saturated rings. The molecular weight excluding hydrogens is 321 g/mol. The van der Waals surface area contributed by atoms with Gasteiger partial charge in [0.25, 0.3) is 0 Å². The fourth-order valence-electron chi connectivity index (χ4n) is 1.18. The minimum atomic E-state index is -0.642. The number of ether oxygens (including phenoxy) is 1. The Bertz CT molecular complexity index is 215. The van der Waals surface area contributed by atoms with E-state index in [2.05, 4.69) is 18.7 Å². The number of halogens is 1. The first-order chi connectivity index (χ1) is 7.15. The van der Waals surface area contributed by atoms with Crippen molar-refractivity contribution in [3.63, 3.8) is 0 Å². The van der Waals surface area contributed by atoms with Gasteiger partial charge >= 0.3 is 5.97 Å². The second-order valence-electron chi connectivity index (χ2n) is 3.19. The number of hydrogen-bond donors (Lipinski definition) is 1. The number of hydrogen-bond acceptors (Lipinski definition) is 4. The average Bonchev–Trinajstić information content (AvgIpc) is 2.27. The highest BCUT2D eigenvalue weighted by atomic mass is 127. The van der Waals surface area contributed by atoms with Gasteiger partial charge in [-0.1, -0.05) is 13.8 Å². The van der Waals surface area contributed by atoms with Crippen molar-refractivity contribution >= 4 is 29.9 Å². The summed E-state index contributed by atoms with van der Waals surface area (Å²) in [4.78, 5) is 13.3. The van der Waals surface area contributed by atoms with Gasteiger partial charge in [-0.05, 0) is 32.5 Å². The van der Waals surface area contributed by atoms with Gasteiger partial charge in [0.05, 0.1) is 6.61 Å². The van der Waals surface area contributed by atoms with E-state index in [0.717, 1.165) is 26.1 Å². The molecule has 0 aliphatic heterocycles. The molecule has 0 bridgehead atoms. The minimum Gasteiger partial charge on any atom is -0.502 e. The predicted octanol–water partition coefficient (Wildman–Crippen LogP) is 2.34. The van der Waals surface area contributed by atoms with E-state index in [4.69, 9.17) is 9.84 Å². The standard InChI is InChI=1S/C11H21NO3.HI/c1-4-10(13)11(14)15-9-7-8-12(5-2)6-3;/h4,13H,5-9H2,1-3H3;1H. The number of allylic oxidation sites excluding steroid dienone is 1. The van der Waals surface area contributed by atoms with Crippen LogP contribution in [0.4, 0.5) is 0 Å². The van der Waals surface area contributed by atoms with Crippen molar-refractivity contribution in [1.82, 2.24) is 4.90 Å². The molecule has 16 heavy (non-hydrogen) atoms. The summed E-state index contributed by atoms with van der Waals surface area (Å²) in [6.07, 6.45) is 2.12. The lowest BCUT2D eigenvalue weighted by molar-refractivity contribution is -0.142. The number of carbonyl (C=O) groups excluding carboxylic acids is 1. The van der Waals surface area contributed by atoms with Crippen LogP contribution in [-0.2, 0) is 9.53 Å². The molecule has 0 heterocycles. The van der Waals surface area contributed by atoms with Crippen LogP contribution >= 0.6 is 24.0 Å². The van der Waals surface area contributed by atoms with Gasteiger partial charge in [0.15, 0.2) is 5.76 Å². The number of aliphatic hydroxyl groups is 1. The van der Waals surface area contributed by atoms with Crippen molar-refractivity contribution in [2.45, 2.75) is 27.2 Å². The number of aliphatic hydroxyl groups excluding tert-OH is 1. The molecule has 0 aliphatic rings. The Balaban J connectivity index is 0. The molecule has 0 amide bonds. The van der Waals surface area contributed by atoms with Crippen LogP contribution < -0.4 is 0 Å². The third kappa shape index (κ3) is 7.92. The molecule has 5 heteroatoms. The molecule has 0 radical (unpaired) electrons. The van der Waals surface area contributed by atoms with Crippen LogP contribution in [0, 0.1) is 0 Å². The second kappa shape index (κ2) is 11.2. The predicted molar refractivity (Wildman–Crippen MR) is 75.2 cm³/mol. The zero-order valence-electron chi connectivity index (χ0n) is 10.2. The zero-order chi connectivity index (χ0) is 11.7. The quantitative estimate of drug-likeness (QED) is 0.253. The first-order valence-corrected chi connectivity index (χ1v) is 5.40. The highest BCUT2D eigenvalue weighted by Gasteiger charge is 2.07. The van der Waals surface area contributed by atoms with Crippen LogP contribution in [0.5, 0.6) is 0 Å². The molecule has 0 atom stereocenters. The van der Waals surface area contributed by atoms with Gasteiger partial charge in [-0.25, -0.2) is 4.79 Å². The fraction of sp³-hybridized carbons (Fsp3) is 0.727. The fourth-order valence-corrected chi connectivity index (χ4v) is 1.18. The Hall–Kier alpha value is -0.300. The summed E-state index contributed by atoms with van der Waals surface area (Å²) in [6, 6.07) is 0. The van der Waals surface area contributed by atoms with E-state index in [0.29, 0.717) is 6.61 Å². The van der Waals surface area contributed by atoms with Crippen LogP contribution in [0.25, 0.3) is 0 Å². The SMILES string of the molecule is CC=C(O)C(=O)OCCCN(CC)CC.I. The summed E-state index contributed by atoms with van der Waals surface area (Å²) < 4.78 is 4.85. The van der Waals surface area contributed by atoms with E-state index in [9.17, 15) is 4.79 Å². The molecule has 0 rings (SSSR count). The van der Waals surface area contributed by atoms with Crippen LogP contribution in [0.15, 0.2) is 11.8 Å². The van der Waals surface area contributed by atoms with Crippen LogP contribution in [0.3, 0.4) is 0 Å².